The Hall–Kier alpha value is -7.13. The molecule has 4 fully saturated rings. The third-order valence-electron chi connectivity index (χ3n) is 15.3. The number of hydrogen-bond acceptors (Lipinski definition) is 17. The number of fused-ring (bicyclic) bond motifs is 2. The molecule has 0 radical (unpaired) electrons. The first-order valence-corrected chi connectivity index (χ1v) is 28.8. The van der Waals surface area contributed by atoms with Crippen LogP contribution in [0.15, 0.2) is 86.2 Å². The van der Waals surface area contributed by atoms with Crippen molar-refractivity contribution >= 4 is 57.5 Å². The lowest BCUT2D eigenvalue weighted by Crippen LogP contribution is -2.36. The first kappa shape index (κ1) is 60.0. The highest BCUT2D eigenvalue weighted by atomic mass is 35.5. The average molecular weight is 1130 g/mol. The van der Waals surface area contributed by atoms with Crippen molar-refractivity contribution in [2.45, 2.75) is 116 Å². The first-order valence-electron chi connectivity index (χ1n) is 28.4. The van der Waals surface area contributed by atoms with Crippen LogP contribution >= 0.6 is 11.6 Å². The van der Waals surface area contributed by atoms with E-state index >= 15 is 0 Å². The minimum Gasteiger partial charge on any atom is -0.460 e. The van der Waals surface area contributed by atoms with E-state index < -0.39 is 5.24 Å². The van der Waals surface area contributed by atoms with Crippen molar-refractivity contribution in [3.63, 3.8) is 0 Å². The summed E-state index contributed by atoms with van der Waals surface area (Å²) in [5, 5.41) is 18.8. The van der Waals surface area contributed by atoms with E-state index in [0.29, 0.717) is 75.1 Å². The van der Waals surface area contributed by atoms with Crippen LogP contribution < -0.4 is 25.4 Å². The number of ketones is 2. The van der Waals surface area contributed by atoms with Gasteiger partial charge in [0.05, 0.1) is 12.4 Å². The molecular formula is C60H79ClN14O6. The van der Waals surface area contributed by atoms with E-state index in [4.69, 9.17) is 41.0 Å². The van der Waals surface area contributed by atoms with Crippen LogP contribution in [0.25, 0.3) is 11.3 Å². The number of amides is 1. The largest absolute Gasteiger partial charge is 0.460 e. The maximum atomic E-state index is 13.0. The standard InChI is InChI=1S/C30H39N7O3.C27H37N7O2.C3H3ClO/c1-5-27(39)36-14-9-23(19-36)26(38)16-21-7-6-8-22(15-21)17-31-29-34-30(40-24-10-12-35(4)13-11-24)33-28-25(20(2)3)18-32-37(28)29;1-18(2)23-17-30-34-25(23)31-27(36-22-8-11-33(3)12-9-22)32-26(34)29-15-20-6-4-5-19(13-20)14-24(35)21-7-10-28-16-21;1-2-3(4)5/h5-8,15,18,20,23-24H,1,9-14,16-17,19H2,2-4H3,(H,31,33,34);4-6,13,17-18,21-22,28H,7-12,14-16H2,1-3H3,(H,29,31,32);2H,1H2. The smallest absolute Gasteiger partial charge is 0.322 e. The molecule has 2 unspecified atom stereocenters. The number of nitrogens with one attached hydrogen (secondary N) is 3. The molecule has 3 N–H and O–H groups in total. The molecule has 0 aliphatic carbocycles. The van der Waals surface area contributed by atoms with Gasteiger partial charge in [-0.15, -0.1) is 0 Å². The van der Waals surface area contributed by atoms with Gasteiger partial charge < -0.3 is 40.1 Å². The van der Waals surface area contributed by atoms with Gasteiger partial charge in [0.15, 0.2) is 11.3 Å². The number of carbonyl (C=O) groups is 4. The summed E-state index contributed by atoms with van der Waals surface area (Å²) in [6, 6.07) is 17.0. The highest BCUT2D eigenvalue weighted by molar-refractivity contribution is 6.66. The first-order chi connectivity index (χ1) is 39.0. The summed E-state index contributed by atoms with van der Waals surface area (Å²) in [6.45, 7) is 23.0. The lowest BCUT2D eigenvalue weighted by atomic mass is 9.96. The molecule has 8 heterocycles. The number of benzene rings is 2. The summed E-state index contributed by atoms with van der Waals surface area (Å²) >= 11 is 4.71. The van der Waals surface area contributed by atoms with Crippen LogP contribution in [0.5, 0.6) is 12.0 Å². The van der Waals surface area contributed by atoms with Crippen molar-refractivity contribution in [2.75, 3.05) is 77.1 Å². The number of likely N-dealkylation sites (tertiary alicyclic amines) is 3. The number of halogens is 1. The van der Waals surface area contributed by atoms with Gasteiger partial charge in [-0.3, -0.25) is 19.2 Å². The van der Waals surface area contributed by atoms with E-state index in [9.17, 15) is 19.2 Å². The second kappa shape index (κ2) is 28.5. The maximum absolute atomic E-state index is 13.0. The van der Waals surface area contributed by atoms with Crippen LogP contribution in [0.1, 0.15) is 111 Å². The van der Waals surface area contributed by atoms with Gasteiger partial charge in [0.25, 0.3) is 0 Å². The van der Waals surface area contributed by atoms with Gasteiger partial charge in [0.1, 0.15) is 23.8 Å². The van der Waals surface area contributed by atoms with E-state index in [0.717, 1.165) is 122 Å². The van der Waals surface area contributed by atoms with Gasteiger partial charge in [-0.2, -0.15) is 39.2 Å². The molecule has 0 bridgehead atoms. The summed E-state index contributed by atoms with van der Waals surface area (Å²) in [7, 11) is 4.26. The topological polar surface area (TPSA) is 219 Å². The summed E-state index contributed by atoms with van der Waals surface area (Å²) in [5.74, 6) is 2.09. The Balaban J connectivity index is 0.000000197. The molecule has 4 saturated heterocycles. The Morgan fingerprint density at radius 1 is 0.654 bits per heavy atom. The van der Waals surface area contributed by atoms with E-state index in [1.54, 1.807) is 13.9 Å². The summed E-state index contributed by atoms with van der Waals surface area (Å²) in [4.78, 5) is 72.1. The van der Waals surface area contributed by atoms with Crippen molar-refractivity contribution in [3.05, 3.63) is 120 Å². The predicted molar refractivity (Wildman–Crippen MR) is 314 cm³/mol. The van der Waals surface area contributed by atoms with Crippen molar-refractivity contribution in [1.82, 2.24) is 59.2 Å². The molecule has 4 aromatic heterocycles. The molecule has 10 rings (SSSR count). The third kappa shape index (κ3) is 16.5. The molecule has 2 atom stereocenters. The van der Waals surface area contributed by atoms with Gasteiger partial charge in [-0.05, 0) is 117 Å². The molecule has 1 amide bonds. The molecule has 0 saturated carbocycles. The molecule has 81 heavy (non-hydrogen) atoms. The Morgan fingerprint density at radius 2 is 1.11 bits per heavy atom. The van der Waals surface area contributed by atoms with E-state index in [2.05, 4.69) is 103 Å². The van der Waals surface area contributed by atoms with Crippen LogP contribution in [-0.4, -0.2) is 155 Å². The summed E-state index contributed by atoms with van der Waals surface area (Å²) in [6.07, 6.45) is 12.5. The highest BCUT2D eigenvalue weighted by Gasteiger charge is 2.30. The zero-order valence-corrected chi connectivity index (χ0v) is 48.5. The number of Topliss-reactive ketones (excluding diaryl/α,β-unsaturated/α-hetero) is 2. The van der Waals surface area contributed by atoms with Crippen LogP contribution in [0.4, 0.5) is 11.9 Å². The second-order valence-electron chi connectivity index (χ2n) is 22.2. The normalized spacial score (nSPS) is 18.1. The van der Waals surface area contributed by atoms with Crippen LogP contribution in [-0.2, 0) is 45.1 Å². The molecule has 6 aromatic rings. The highest BCUT2D eigenvalue weighted by Crippen LogP contribution is 2.28. The minimum absolute atomic E-state index is 0.0907. The zero-order valence-electron chi connectivity index (χ0n) is 47.8. The summed E-state index contributed by atoms with van der Waals surface area (Å²) < 4.78 is 16.0. The molecule has 4 aliphatic heterocycles. The summed E-state index contributed by atoms with van der Waals surface area (Å²) in [5.41, 5.74) is 7.75. The molecule has 4 aliphatic rings. The van der Waals surface area contributed by atoms with E-state index in [1.807, 2.05) is 48.8 Å². The molecule has 432 valence electrons. The van der Waals surface area contributed by atoms with Gasteiger partial charge in [-0.1, -0.05) is 89.4 Å². The van der Waals surface area contributed by atoms with E-state index in [1.165, 1.54) is 6.08 Å². The fraction of sp³-hybridized carbons (Fsp3) is 0.500. The maximum Gasteiger partial charge on any atom is 0.322 e. The van der Waals surface area contributed by atoms with Gasteiger partial charge in [0, 0.05) is 94.7 Å². The van der Waals surface area contributed by atoms with E-state index in [-0.39, 0.29) is 47.6 Å². The number of piperidine rings is 2. The average Bonchev–Trinajstić information content (AvgIpc) is 4.49. The number of hydrogen-bond donors (Lipinski definition) is 3. The third-order valence-corrected chi connectivity index (χ3v) is 15.5. The van der Waals surface area contributed by atoms with Crippen molar-refractivity contribution < 1.29 is 28.7 Å². The fourth-order valence-electron chi connectivity index (χ4n) is 10.4. The number of aromatic nitrogens is 8. The molecule has 2 aromatic carbocycles. The fourth-order valence-corrected chi connectivity index (χ4v) is 10.4. The Kier molecular flexibility index (Phi) is 21.1. The number of rotatable bonds is 20. The minimum atomic E-state index is -0.509. The lowest BCUT2D eigenvalue weighted by molar-refractivity contribution is -0.126. The molecule has 21 heteroatoms. The molecule has 0 spiro atoms. The Labute approximate surface area is 480 Å². The quantitative estimate of drug-likeness (QED) is 0.0499. The second-order valence-corrected chi connectivity index (χ2v) is 22.6. The zero-order chi connectivity index (χ0) is 57.6. The number of nitrogens with zero attached hydrogens (tertiary/aromatic N) is 11. The number of ether oxygens (including phenoxy) is 2. The Morgan fingerprint density at radius 3 is 1.53 bits per heavy atom. The van der Waals surface area contributed by atoms with Crippen molar-refractivity contribution in [3.8, 4) is 12.0 Å². The number of carbonyl (C=O) groups excluding carboxylic acids is 4. The van der Waals surface area contributed by atoms with Gasteiger partial charge in [-0.25, -0.2) is 0 Å². The van der Waals surface area contributed by atoms with Gasteiger partial charge in [0.2, 0.25) is 23.0 Å². The van der Waals surface area contributed by atoms with Gasteiger partial charge >= 0.3 is 12.0 Å². The SMILES string of the molecule is C=CC(=O)Cl.C=CC(=O)N1CCC(C(=O)Cc2cccc(CNc3nc(OC4CCN(C)CC4)nc4c(C(C)C)cnn34)c2)C1.CC(C)c1cnn2c(NCc3cccc(CC(=O)C4CCNC4)c3)nc(OC3CCN(C)CC3)nc12. The number of anilines is 2. The lowest BCUT2D eigenvalue weighted by Gasteiger charge is -2.28. The predicted octanol–water partition coefficient (Wildman–Crippen LogP) is 7.47. The van der Waals surface area contributed by atoms with Crippen LogP contribution in [0.3, 0.4) is 0 Å². The van der Waals surface area contributed by atoms with Crippen LogP contribution in [0.2, 0.25) is 0 Å². The van der Waals surface area contributed by atoms with Crippen molar-refractivity contribution in [2.24, 2.45) is 11.8 Å². The van der Waals surface area contributed by atoms with Crippen LogP contribution in [0, 0.1) is 11.8 Å². The number of allylic oxidation sites excluding steroid dienone is 1. The van der Waals surface area contributed by atoms with Crippen molar-refractivity contribution in [1.29, 1.82) is 0 Å². The molecule has 20 nitrogen and oxygen atoms in total. The molecular weight excluding hydrogens is 1050 g/mol. The Bertz CT molecular complexity index is 3140. The monoisotopic (exact) mass is 1130 g/mol.